The second kappa shape index (κ2) is 8.54. The van der Waals surface area contributed by atoms with Crippen LogP contribution in [-0.2, 0) is 19.1 Å². The van der Waals surface area contributed by atoms with Crippen LogP contribution in [0.3, 0.4) is 0 Å². The molecule has 0 bridgehead atoms. The molecule has 0 radical (unpaired) electrons. The van der Waals surface area contributed by atoms with Crippen molar-refractivity contribution in [2.75, 3.05) is 5.32 Å². The van der Waals surface area contributed by atoms with Crippen LogP contribution in [0.4, 0.5) is 18.9 Å². The molecule has 0 unspecified atom stereocenters. The normalized spacial score (nSPS) is 11.8. The van der Waals surface area contributed by atoms with Crippen molar-refractivity contribution in [2.24, 2.45) is 0 Å². The SMILES string of the molecule is CCc1noc(Cn2nc(C)c(NC(=O)c3cc(C(F)(F)F)nc4ncc(Br)cc34)c2C)n1. The topological polar surface area (TPSA) is 112 Å². The smallest absolute Gasteiger partial charge is 0.337 e. The minimum atomic E-state index is -4.74. The Kier molecular flexibility index (Phi) is 5.91. The van der Waals surface area contributed by atoms with E-state index in [4.69, 9.17) is 4.52 Å². The fourth-order valence-corrected chi connectivity index (χ4v) is 3.58. The number of hydrogen-bond donors (Lipinski definition) is 1. The molecule has 4 aromatic rings. The van der Waals surface area contributed by atoms with Gasteiger partial charge < -0.3 is 9.84 Å². The van der Waals surface area contributed by atoms with Gasteiger partial charge in [-0.3, -0.25) is 9.48 Å². The summed E-state index contributed by atoms with van der Waals surface area (Å²) in [5.41, 5.74) is -0.183. The minimum Gasteiger partial charge on any atom is -0.337 e. The number of halogens is 4. The molecule has 33 heavy (non-hydrogen) atoms. The van der Waals surface area contributed by atoms with Crippen LogP contribution in [-0.4, -0.2) is 35.8 Å². The van der Waals surface area contributed by atoms with Gasteiger partial charge in [0.2, 0.25) is 5.89 Å². The number of amides is 1. The second-order valence-corrected chi connectivity index (χ2v) is 8.11. The van der Waals surface area contributed by atoms with Gasteiger partial charge in [-0.15, -0.1) is 0 Å². The molecule has 0 aliphatic rings. The maximum absolute atomic E-state index is 13.4. The first kappa shape index (κ1) is 22.8. The number of carbonyl (C=O) groups excluding carboxylic acids is 1. The molecule has 0 aliphatic carbocycles. The Balaban J connectivity index is 1.70. The Bertz CT molecular complexity index is 1360. The quantitative estimate of drug-likeness (QED) is 0.410. The number of rotatable bonds is 5. The van der Waals surface area contributed by atoms with Crippen molar-refractivity contribution in [2.45, 2.75) is 39.9 Å². The Morgan fingerprint density at radius 1 is 1.24 bits per heavy atom. The van der Waals surface area contributed by atoms with Crippen LogP contribution in [0.1, 0.15) is 46.1 Å². The third-order valence-corrected chi connectivity index (χ3v) is 5.33. The molecule has 13 heteroatoms. The molecule has 0 aliphatic heterocycles. The lowest BCUT2D eigenvalue weighted by Gasteiger charge is -2.12. The first-order chi connectivity index (χ1) is 15.6. The number of hydrogen-bond acceptors (Lipinski definition) is 7. The van der Waals surface area contributed by atoms with Gasteiger partial charge in [0.1, 0.15) is 12.2 Å². The molecule has 0 saturated heterocycles. The highest BCUT2D eigenvalue weighted by Gasteiger charge is 2.34. The lowest BCUT2D eigenvalue weighted by atomic mass is 10.1. The summed E-state index contributed by atoms with van der Waals surface area (Å²) >= 11 is 3.23. The lowest BCUT2D eigenvalue weighted by molar-refractivity contribution is -0.141. The average Bonchev–Trinajstić information content (AvgIpc) is 3.32. The summed E-state index contributed by atoms with van der Waals surface area (Å²) in [6.07, 6.45) is -2.81. The summed E-state index contributed by atoms with van der Waals surface area (Å²) < 4.78 is 47.4. The van der Waals surface area contributed by atoms with Gasteiger partial charge >= 0.3 is 6.18 Å². The molecular formula is C20H17BrF3N7O2. The third kappa shape index (κ3) is 4.58. The largest absolute Gasteiger partial charge is 0.433 e. The summed E-state index contributed by atoms with van der Waals surface area (Å²) in [6, 6.07) is 2.21. The second-order valence-electron chi connectivity index (χ2n) is 7.19. The fraction of sp³-hybridized carbons (Fsp3) is 0.300. The number of aromatic nitrogens is 6. The highest BCUT2D eigenvalue weighted by Crippen LogP contribution is 2.32. The number of aryl methyl sites for hydroxylation is 2. The van der Waals surface area contributed by atoms with E-state index in [0.29, 0.717) is 45.8 Å². The monoisotopic (exact) mass is 523 g/mol. The summed E-state index contributed by atoms with van der Waals surface area (Å²) in [4.78, 5) is 24.8. The fourth-order valence-electron chi connectivity index (χ4n) is 3.25. The molecule has 0 spiro atoms. The van der Waals surface area contributed by atoms with Crippen LogP contribution < -0.4 is 5.32 Å². The van der Waals surface area contributed by atoms with E-state index in [1.165, 1.54) is 12.3 Å². The van der Waals surface area contributed by atoms with E-state index in [1.54, 1.807) is 18.5 Å². The standard InChI is InChI=1S/C20H17BrF3N7O2/c1-4-15-27-16(33-30-15)8-31-10(3)17(9(2)29-31)28-19(32)13-6-14(20(22,23)24)26-18-12(13)5-11(21)7-25-18/h5-7H,4,8H2,1-3H3,(H,28,32). The predicted octanol–water partition coefficient (Wildman–Crippen LogP) is 4.47. The first-order valence-electron chi connectivity index (χ1n) is 9.77. The molecule has 0 atom stereocenters. The molecule has 0 fully saturated rings. The van der Waals surface area contributed by atoms with E-state index in [-0.39, 0.29) is 23.1 Å². The Morgan fingerprint density at radius 2 is 2.00 bits per heavy atom. The van der Waals surface area contributed by atoms with Crippen LogP contribution in [0, 0.1) is 13.8 Å². The van der Waals surface area contributed by atoms with Gasteiger partial charge in [-0.1, -0.05) is 12.1 Å². The Labute approximate surface area is 193 Å². The summed E-state index contributed by atoms with van der Waals surface area (Å²) in [5, 5.41) is 11.1. The zero-order valence-electron chi connectivity index (χ0n) is 17.7. The maximum Gasteiger partial charge on any atom is 0.433 e. The van der Waals surface area contributed by atoms with Crippen LogP contribution in [0.15, 0.2) is 27.3 Å². The third-order valence-electron chi connectivity index (χ3n) is 4.90. The van der Waals surface area contributed by atoms with E-state index >= 15 is 0 Å². The van der Waals surface area contributed by atoms with Crippen molar-refractivity contribution >= 4 is 38.6 Å². The van der Waals surface area contributed by atoms with Gasteiger partial charge in [-0.25, -0.2) is 9.97 Å². The Morgan fingerprint density at radius 3 is 2.67 bits per heavy atom. The molecule has 4 heterocycles. The number of pyridine rings is 2. The molecule has 1 amide bonds. The molecule has 172 valence electrons. The summed E-state index contributed by atoms with van der Waals surface area (Å²) in [5.74, 6) is 0.163. The van der Waals surface area contributed by atoms with Gasteiger partial charge in [0.05, 0.1) is 22.6 Å². The number of carbonyl (C=O) groups is 1. The summed E-state index contributed by atoms with van der Waals surface area (Å²) in [6.45, 7) is 5.47. The number of nitrogens with zero attached hydrogens (tertiary/aromatic N) is 6. The van der Waals surface area contributed by atoms with Crippen LogP contribution in [0.25, 0.3) is 11.0 Å². The molecule has 1 N–H and O–H groups in total. The first-order valence-corrected chi connectivity index (χ1v) is 10.6. The number of anilines is 1. The zero-order chi connectivity index (χ0) is 23.9. The van der Waals surface area contributed by atoms with Crippen molar-refractivity contribution in [1.29, 1.82) is 0 Å². The molecule has 4 rings (SSSR count). The van der Waals surface area contributed by atoms with E-state index in [0.717, 1.165) is 0 Å². The minimum absolute atomic E-state index is 0.176. The molecule has 9 nitrogen and oxygen atoms in total. The number of nitrogens with one attached hydrogen (secondary N) is 1. The van der Waals surface area contributed by atoms with Crippen molar-refractivity contribution in [1.82, 2.24) is 29.9 Å². The summed E-state index contributed by atoms with van der Waals surface area (Å²) in [7, 11) is 0. The van der Waals surface area contributed by atoms with Crippen LogP contribution >= 0.6 is 15.9 Å². The van der Waals surface area contributed by atoms with Gasteiger partial charge in [0.15, 0.2) is 11.5 Å². The molecular weight excluding hydrogens is 507 g/mol. The molecule has 0 aromatic carbocycles. The average molecular weight is 524 g/mol. The lowest BCUT2D eigenvalue weighted by Crippen LogP contribution is -2.17. The van der Waals surface area contributed by atoms with Gasteiger partial charge in [0.25, 0.3) is 5.91 Å². The number of fused-ring (bicyclic) bond motifs is 1. The van der Waals surface area contributed by atoms with E-state index in [2.05, 4.69) is 46.5 Å². The van der Waals surface area contributed by atoms with Crippen LogP contribution in [0.2, 0.25) is 0 Å². The van der Waals surface area contributed by atoms with Gasteiger partial charge in [0, 0.05) is 22.5 Å². The molecule has 4 aromatic heterocycles. The number of alkyl halides is 3. The predicted molar refractivity (Wildman–Crippen MR) is 115 cm³/mol. The van der Waals surface area contributed by atoms with Crippen LogP contribution in [0.5, 0.6) is 0 Å². The van der Waals surface area contributed by atoms with Crippen molar-refractivity contribution < 1.29 is 22.5 Å². The Hall–Kier alpha value is -3.35. The zero-order valence-corrected chi connectivity index (χ0v) is 19.2. The molecule has 0 saturated carbocycles. The van der Waals surface area contributed by atoms with E-state index < -0.39 is 17.8 Å². The highest BCUT2D eigenvalue weighted by atomic mass is 79.9. The van der Waals surface area contributed by atoms with Gasteiger partial charge in [-0.2, -0.15) is 23.3 Å². The van der Waals surface area contributed by atoms with Gasteiger partial charge in [-0.05, 0) is 41.9 Å². The van der Waals surface area contributed by atoms with Crippen molar-refractivity contribution in [3.63, 3.8) is 0 Å². The van der Waals surface area contributed by atoms with Crippen molar-refractivity contribution in [3.05, 3.63) is 57.2 Å². The maximum atomic E-state index is 13.4. The van der Waals surface area contributed by atoms with E-state index in [1.807, 2.05) is 6.92 Å². The van der Waals surface area contributed by atoms with E-state index in [9.17, 15) is 18.0 Å². The van der Waals surface area contributed by atoms with Crippen molar-refractivity contribution in [3.8, 4) is 0 Å². The highest BCUT2D eigenvalue weighted by molar-refractivity contribution is 9.10.